The second kappa shape index (κ2) is 4.20. The summed E-state index contributed by atoms with van der Waals surface area (Å²) in [6.07, 6.45) is 1.70. The SMILES string of the molecule is Cn1ccc(Nc2cc(F)cc([N+](=O)[O-])c2)n1. The normalized spacial score (nSPS) is 10.2. The molecule has 0 unspecified atom stereocenters. The molecule has 0 saturated heterocycles. The number of nitrogens with zero attached hydrogens (tertiary/aromatic N) is 3. The Morgan fingerprint density at radius 1 is 1.47 bits per heavy atom. The van der Waals surface area contributed by atoms with Crippen molar-refractivity contribution in [2.24, 2.45) is 7.05 Å². The fraction of sp³-hybridized carbons (Fsp3) is 0.100. The average molecular weight is 236 g/mol. The largest absolute Gasteiger partial charge is 0.338 e. The van der Waals surface area contributed by atoms with E-state index >= 15 is 0 Å². The molecule has 1 aromatic heterocycles. The van der Waals surface area contributed by atoms with E-state index in [0.717, 1.165) is 6.07 Å². The van der Waals surface area contributed by atoms with Gasteiger partial charge in [-0.2, -0.15) is 5.10 Å². The molecule has 0 aliphatic rings. The van der Waals surface area contributed by atoms with Crippen molar-refractivity contribution in [3.63, 3.8) is 0 Å². The lowest BCUT2D eigenvalue weighted by molar-refractivity contribution is -0.385. The Bertz CT molecular complexity index is 567. The van der Waals surface area contributed by atoms with Crippen molar-refractivity contribution >= 4 is 17.2 Å². The summed E-state index contributed by atoms with van der Waals surface area (Å²) < 4.78 is 14.7. The van der Waals surface area contributed by atoms with Crippen molar-refractivity contribution in [2.45, 2.75) is 0 Å². The maximum absolute atomic E-state index is 13.1. The van der Waals surface area contributed by atoms with Crippen molar-refractivity contribution in [3.8, 4) is 0 Å². The molecular weight excluding hydrogens is 227 g/mol. The topological polar surface area (TPSA) is 73.0 Å². The number of nitro groups is 1. The molecule has 88 valence electrons. The molecule has 2 aromatic rings. The summed E-state index contributed by atoms with van der Waals surface area (Å²) in [6, 6.07) is 4.96. The minimum Gasteiger partial charge on any atom is -0.338 e. The van der Waals surface area contributed by atoms with E-state index in [-0.39, 0.29) is 11.4 Å². The van der Waals surface area contributed by atoms with E-state index < -0.39 is 10.7 Å². The summed E-state index contributed by atoms with van der Waals surface area (Å²) in [5, 5.41) is 17.4. The highest BCUT2D eigenvalue weighted by Gasteiger charge is 2.10. The van der Waals surface area contributed by atoms with Gasteiger partial charge < -0.3 is 5.32 Å². The van der Waals surface area contributed by atoms with E-state index in [1.807, 2.05) is 0 Å². The van der Waals surface area contributed by atoms with Crippen LogP contribution in [0.4, 0.5) is 21.6 Å². The third kappa shape index (κ3) is 2.57. The first-order valence-electron chi connectivity index (χ1n) is 4.76. The van der Waals surface area contributed by atoms with E-state index in [9.17, 15) is 14.5 Å². The number of non-ortho nitro benzene ring substituents is 1. The van der Waals surface area contributed by atoms with Crippen molar-refractivity contribution in [1.29, 1.82) is 0 Å². The number of rotatable bonds is 3. The summed E-state index contributed by atoms with van der Waals surface area (Å²) in [4.78, 5) is 9.91. The van der Waals surface area contributed by atoms with Gasteiger partial charge in [0.25, 0.3) is 5.69 Å². The van der Waals surface area contributed by atoms with Crippen LogP contribution < -0.4 is 5.32 Å². The molecule has 0 bridgehead atoms. The molecule has 7 heteroatoms. The Kier molecular flexibility index (Phi) is 2.73. The van der Waals surface area contributed by atoms with Gasteiger partial charge in [0.05, 0.1) is 11.0 Å². The third-order valence-corrected chi connectivity index (χ3v) is 2.08. The average Bonchev–Trinajstić information content (AvgIpc) is 2.63. The number of hydrogen-bond donors (Lipinski definition) is 1. The highest BCUT2D eigenvalue weighted by molar-refractivity contribution is 5.59. The van der Waals surface area contributed by atoms with E-state index in [4.69, 9.17) is 0 Å². The molecule has 0 saturated carbocycles. The smallest absolute Gasteiger partial charge is 0.274 e. The summed E-state index contributed by atoms with van der Waals surface area (Å²) in [6.45, 7) is 0. The van der Waals surface area contributed by atoms with Crippen LogP contribution in [-0.2, 0) is 7.05 Å². The molecule has 17 heavy (non-hydrogen) atoms. The lowest BCUT2D eigenvalue weighted by Gasteiger charge is -2.02. The van der Waals surface area contributed by atoms with Crippen LogP contribution in [0.2, 0.25) is 0 Å². The van der Waals surface area contributed by atoms with Crippen LogP contribution in [0.25, 0.3) is 0 Å². The van der Waals surface area contributed by atoms with E-state index in [2.05, 4.69) is 10.4 Å². The second-order valence-corrected chi connectivity index (χ2v) is 3.45. The second-order valence-electron chi connectivity index (χ2n) is 3.45. The molecule has 1 N–H and O–H groups in total. The van der Waals surface area contributed by atoms with Crippen LogP contribution in [0.15, 0.2) is 30.5 Å². The highest BCUT2D eigenvalue weighted by Crippen LogP contribution is 2.22. The van der Waals surface area contributed by atoms with Crippen LogP contribution >= 0.6 is 0 Å². The van der Waals surface area contributed by atoms with Crippen LogP contribution in [-0.4, -0.2) is 14.7 Å². The number of aryl methyl sites for hydroxylation is 1. The molecule has 0 spiro atoms. The minimum atomic E-state index is -0.669. The number of nitrogens with one attached hydrogen (secondary N) is 1. The third-order valence-electron chi connectivity index (χ3n) is 2.08. The number of benzene rings is 1. The zero-order valence-corrected chi connectivity index (χ0v) is 8.92. The van der Waals surface area contributed by atoms with Crippen molar-refractivity contribution in [3.05, 3.63) is 46.4 Å². The first-order valence-corrected chi connectivity index (χ1v) is 4.76. The molecule has 0 amide bonds. The Balaban J connectivity index is 2.29. The van der Waals surface area contributed by atoms with Gasteiger partial charge in [0.1, 0.15) is 5.82 Å². The van der Waals surface area contributed by atoms with Gasteiger partial charge in [0.15, 0.2) is 5.82 Å². The molecule has 1 heterocycles. The number of halogens is 1. The van der Waals surface area contributed by atoms with E-state index in [1.165, 1.54) is 12.1 Å². The summed E-state index contributed by atoms with van der Waals surface area (Å²) >= 11 is 0. The Labute approximate surface area is 95.8 Å². The van der Waals surface area contributed by atoms with Gasteiger partial charge in [0, 0.05) is 31.1 Å². The number of aromatic nitrogens is 2. The molecule has 0 atom stereocenters. The maximum atomic E-state index is 13.1. The first-order chi connectivity index (χ1) is 8.04. The van der Waals surface area contributed by atoms with Crippen LogP contribution in [0, 0.1) is 15.9 Å². The van der Waals surface area contributed by atoms with Gasteiger partial charge in [-0.1, -0.05) is 0 Å². The number of nitro benzene ring substituents is 1. The van der Waals surface area contributed by atoms with Crippen LogP contribution in [0.3, 0.4) is 0 Å². The highest BCUT2D eigenvalue weighted by atomic mass is 19.1. The lowest BCUT2D eigenvalue weighted by atomic mass is 10.2. The molecule has 0 aliphatic carbocycles. The molecule has 0 radical (unpaired) electrons. The molecule has 1 aromatic carbocycles. The summed E-state index contributed by atoms with van der Waals surface area (Å²) in [7, 11) is 1.74. The van der Waals surface area contributed by atoms with Gasteiger partial charge in [-0.3, -0.25) is 14.8 Å². The monoisotopic (exact) mass is 236 g/mol. The number of hydrogen-bond acceptors (Lipinski definition) is 4. The molecule has 0 fully saturated rings. The predicted molar refractivity (Wildman–Crippen MR) is 59.5 cm³/mol. The number of anilines is 2. The predicted octanol–water partition coefficient (Wildman–Crippen LogP) is 2.21. The molecule has 6 nitrogen and oxygen atoms in total. The lowest BCUT2D eigenvalue weighted by Crippen LogP contribution is -1.96. The van der Waals surface area contributed by atoms with Crippen molar-refractivity contribution < 1.29 is 9.31 Å². The van der Waals surface area contributed by atoms with Crippen LogP contribution in [0.1, 0.15) is 0 Å². The Morgan fingerprint density at radius 2 is 2.24 bits per heavy atom. The fourth-order valence-electron chi connectivity index (χ4n) is 1.38. The van der Waals surface area contributed by atoms with Crippen molar-refractivity contribution in [2.75, 3.05) is 5.32 Å². The van der Waals surface area contributed by atoms with Gasteiger partial charge in [-0.15, -0.1) is 0 Å². The summed E-state index contributed by atoms with van der Waals surface area (Å²) in [5.41, 5.74) is -0.0150. The zero-order valence-electron chi connectivity index (χ0n) is 8.92. The quantitative estimate of drug-likeness (QED) is 0.655. The summed E-state index contributed by atoms with van der Waals surface area (Å²) in [5.74, 6) is -0.176. The Hall–Kier alpha value is -2.44. The van der Waals surface area contributed by atoms with E-state index in [1.54, 1.807) is 24.0 Å². The minimum absolute atomic E-state index is 0.287. The van der Waals surface area contributed by atoms with Crippen molar-refractivity contribution in [1.82, 2.24) is 9.78 Å². The standard InChI is InChI=1S/C10H9FN4O2/c1-14-3-2-10(13-14)12-8-4-7(11)5-9(6-8)15(16)17/h2-6H,1H3,(H,12,13). The van der Waals surface area contributed by atoms with Gasteiger partial charge in [-0.05, 0) is 6.07 Å². The van der Waals surface area contributed by atoms with Gasteiger partial charge in [-0.25, -0.2) is 4.39 Å². The fourth-order valence-corrected chi connectivity index (χ4v) is 1.38. The van der Waals surface area contributed by atoms with Gasteiger partial charge in [0.2, 0.25) is 0 Å². The van der Waals surface area contributed by atoms with Gasteiger partial charge >= 0.3 is 0 Å². The van der Waals surface area contributed by atoms with Crippen LogP contribution in [0.5, 0.6) is 0 Å². The van der Waals surface area contributed by atoms with E-state index in [0.29, 0.717) is 5.82 Å². The molecular formula is C10H9FN4O2. The molecule has 0 aliphatic heterocycles. The zero-order chi connectivity index (χ0) is 12.4. The maximum Gasteiger partial charge on any atom is 0.274 e. The Morgan fingerprint density at radius 3 is 2.82 bits per heavy atom. The molecule has 2 rings (SSSR count). The first kappa shape index (κ1) is 11.1.